The van der Waals surface area contributed by atoms with Crippen molar-refractivity contribution in [2.24, 2.45) is 0 Å². The summed E-state index contributed by atoms with van der Waals surface area (Å²) in [5, 5.41) is 6.74. The second kappa shape index (κ2) is 65.4. The fraction of sp³-hybridized carbons (Fsp3) is 0.545. The summed E-state index contributed by atoms with van der Waals surface area (Å²) < 4.78 is 177. The Morgan fingerprint density at radius 2 is 0.275 bits per heavy atom. The second-order valence-electron chi connectivity index (χ2n) is 35.8. The van der Waals surface area contributed by atoms with Crippen LogP contribution in [-0.4, -0.2) is 64.9 Å². The maximum atomic E-state index is 11.8. The fourth-order valence-electron chi connectivity index (χ4n) is 17.9. The van der Waals surface area contributed by atoms with Gasteiger partial charge in [0, 0.05) is 0 Å². The third-order valence-electron chi connectivity index (χ3n) is 25.1. The molecule has 21 heteroatoms. The molecule has 0 saturated carbocycles. The molecule has 0 heterocycles. The second-order valence-corrected chi connectivity index (χ2v) is 42.4. The van der Waals surface area contributed by atoms with E-state index in [0.717, 1.165) is 91.1 Å². The van der Waals surface area contributed by atoms with Crippen LogP contribution in [0.5, 0.6) is 0 Å². The van der Waals surface area contributed by atoms with E-state index in [9.17, 15) is 64.9 Å². The van der Waals surface area contributed by atoms with Crippen molar-refractivity contribution in [1.29, 1.82) is 0 Å². The van der Waals surface area contributed by atoms with Crippen LogP contribution in [0.15, 0.2) is 206 Å². The van der Waals surface area contributed by atoms with E-state index in [1.54, 1.807) is 91.0 Å². The van der Waals surface area contributed by atoms with E-state index >= 15 is 0 Å². The first-order valence-electron chi connectivity index (χ1n) is 50.0. The van der Waals surface area contributed by atoms with E-state index in [1.807, 2.05) is 91.0 Å². The molecule has 10 aromatic carbocycles. The van der Waals surface area contributed by atoms with Crippen LogP contribution < -0.4 is 0 Å². The molecular formula is C110H155O15S5V. The molecule has 0 fully saturated rings. The number of rotatable bonds is 60. The monoisotopic (exact) mass is 1930 g/mol. The Bertz CT molecular complexity index is 4700. The quantitative estimate of drug-likeness (QED) is 0.0253. The number of hydrogen-bond donors (Lipinski definition) is 0. The number of hydrogen-bond acceptors (Lipinski definition) is 15. The van der Waals surface area contributed by atoms with Crippen molar-refractivity contribution in [2.75, 3.05) is 0 Å². The number of fused-ring (bicyclic) bond motifs is 5. The summed E-state index contributed by atoms with van der Waals surface area (Å²) in [4.78, 5) is -0.109. The summed E-state index contributed by atoms with van der Waals surface area (Å²) in [5.74, 6) is 0. The number of benzene rings is 10. The summed E-state index contributed by atoms with van der Waals surface area (Å²) in [7, 11) is -22.4. The molecule has 0 aliphatic heterocycles. The topological polar surface area (TPSA) is 286 Å². The summed E-state index contributed by atoms with van der Waals surface area (Å²) in [5.41, 5.74) is 3.33. The van der Waals surface area contributed by atoms with E-state index in [1.165, 1.54) is 257 Å². The molecule has 0 radical (unpaired) electrons. The van der Waals surface area contributed by atoms with Crippen LogP contribution in [0.3, 0.4) is 0 Å². The summed E-state index contributed by atoms with van der Waals surface area (Å²) in [6, 6.07) is 54.6. The molecule has 15 nitrogen and oxygen atoms in total. The van der Waals surface area contributed by atoms with Gasteiger partial charge in [-0.05, 0) is 146 Å². The summed E-state index contributed by atoms with van der Waals surface area (Å²) >= 11 is 0. The third kappa shape index (κ3) is 44.1. The van der Waals surface area contributed by atoms with Crippen molar-refractivity contribution in [2.45, 2.75) is 412 Å². The molecule has 0 aliphatic rings. The number of unbranched alkanes of at least 4 members (excludes halogenated alkanes) is 45. The maximum absolute atomic E-state index is 11.8. The van der Waals surface area contributed by atoms with E-state index in [4.69, 9.17) is 0 Å². The van der Waals surface area contributed by atoms with Gasteiger partial charge in [-0.25, -0.2) is 42.1 Å². The maximum Gasteiger partial charge on any atom is 5.00 e. The molecule has 0 aliphatic carbocycles. The van der Waals surface area contributed by atoms with Crippen molar-refractivity contribution >= 4 is 104 Å². The van der Waals surface area contributed by atoms with Crippen LogP contribution in [0.25, 0.3) is 53.9 Å². The van der Waals surface area contributed by atoms with E-state index < -0.39 is 50.6 Å². The van der Waals surface area contributed by atoms with Gasteiger partial charge in [0.05, 0.1) is 24.5 Å². The Morgan fingerprint density at radius 3 is 0.397 bits per heavy atom. The predicted octanol–water partition coefficient (Wildman–Crippen LogP) is 31.0. The van der Waals surface area contributed by atoms with E-state index in [2.05, 4.69) is 34.6 Å². The average Bonchev–Trinajstić information content (AvgIpc) is 0.805. The van der Waals surface area contributed by atoms with Crippen LogP contribution in [-0.2, 0) is 101 Å². The molecule has 10 aromatic rings. The minimum atomic E-state index is -4.47. The third-order valence-corrected chi connectivity index (χ3v) is 30.0. The molecule has 720 valence electrons. The standard InChI is InChI=1S/5C22H32O3S.V/c5*1-2-3-4-5-6-7-8-9-10-11-15-20-18-17-19-14-12-13-16-21(19)22(20)26(23,24)25;/h5*12-14,16-18H,2-11,15H2,1H3,(H,23,24,25);/q;;;;;+5/p-5. The van der Waals surface area contributed by atoms with Crippen molar-refractivity contribution < 1.29 is 83.4 Å². The van der Waals surface area contributed by atoms with Gasteiger partial charge in [-0.2, -0.15) is 0 Å². The summed E-state index contributed by atoms with van der Waals surface area (Å²) in [6.45, 7) is 11.2. The van der Waals surface area contributed by atoms with Gasteiger partial charge in [0.25, 0.3) is 0 Å². The summed E-state index contributed by atoms with van der Waals surface area (Å²) in [6.07, 6.45) is 65.2. The van der Waals surface area contributed by atoms with Crippen LogP contribution in [0.1, 0.15) is 383 Å². The molecule has 0 spiro atoms. The van der Waals surface area contributed by atoms with Gasteiger partial charge in [-0.3, -0.25) is 0 Å². The normalized spacial score (nSPS) is 11.8. The zero-order chi connectivity index (χ0) is 94.2. The Labute approximate surface area is 803 Å². The zero-order valence-corrected chi connectivity index (χ0v) is 85.3. The smallest absolute Gasteiger partial charge is 0.744 e. The SMILES string of the molecule is CCCCCCCCCCCCc1ccc2ccccc2c1S(=O)(=O)[O-].CCCCCCCCCCCCc1ccc2ccccc2c1S(=O)(=O)[O-].CCCCCCCCCCCCc1ccc2ccccc2c1S(=O)(=O)[O-].CCCCCCCCCCCCc1ccc2ccccc2c1S(=O)(=O)[O-].CCCCCCCCCCCCc1ccc2ccccc2c1S(=O)(=O)[O-].[V+5]. The van der Waals surface area contributed by atoms with Gasteiger partial charge in [-0.15, -0.1) is 0 Å². The van der Waals surface area contributed by atoms with Crippen molar-refractivity contribution in [3.63, 3.8) is 0 Å². The van der Waals surface area contributed by atoms with Gasteiger partial charge < -0.3 is 22.8 Å². The molecule has 0 N–H and O–H groups in total. The van der Waals surface area contributed by atoms with Crippen LogP contribution in [0.2, 0.25) is 0 Å². The molecule has 0 saturated heterocycles. The van der Waals surface area contributed by atoms with Crippen molar-refractivity contribution in [3.05, 3.63) is 210 Å². The molecule has 131 heavy (non-hydrogen) atoms. The van der Waals surface area contributed by atoms with Gasteiger partial charge in [0.1, 0.15) is 50.6 Å². The molecule has 0 amide bonds. The van der Waals surface area contributed by atoms with Gasteiger partial charge in [0.15, 0.2) is 0 Å². The van der Waals surface area contributed by atoms with Gasteiger partial charge in [0.2, 0.25) is 0 Å². The zero-order valence-electron chi connectivity index (χ0n) is 79.8. The van der Waals surface area contributed by atoms with Crippen molar-refractivity contribution in [3.8, 4) is 0 Å². The minimum Gasteiger partial charge on any atom is -0.744 e. The average molecular weight is 1930 g/mol. The minimum absolute atomic E-state index is 0. The Hall–Kier alpha value is -6.37. The van der Waals surface area contributed by atoms with Crippen molar-refractivity contribution in [1.82, 2.24) is 0 Å². The fourth-order valence-corrected chi connectivity index (χ4v) is 22.6. The molecule has 0 unspecified atom stereocenters. The van der Waals surface area contributed by atoms with Crippen LogP contribution in [0.4, 0.5) is 0 Å². The Kier molecular flexibility index (Phi) is 57.5. The molecule has 10 rings (SSSR count). The molecule has 0 aromatic heterocycles. The van der Waals surface area contributed by atoms with Crippen LogP contribution >= 0.6 is 0 Å². The van der Waals surface area contributed by atoms with E-state index in [-0.39, 0.29) is 43.0 Å². The first-order valence-corrected chi connectivity index (χ1v) is 57.1. The Balaban J connectivity index is 0.000000289. The number of aryl methyl sites for hydroxylation is 5. The predicted molar refractivity (Wildman–Crippen MR) is 537 cm³/mol. The largest absolute Gasteiger partial charge is 5.00 e. The molecule has 0 bridgehead atoms. The first kappa shape index (κ1) is 115. The van der Waals surface area contributed by atoms with E-state index in [0.29, 0.717) is 86.9 Å². The Morgan fingerprint density at radius 1 is 0.160 bits per heavy atom. The van der Waals surface area contributed by atoms with Gasteiger partial charge in [-0.1, -0.05) is 506 Å². The van der Waals surface area contributed by atoms with Gasteiger partial charge >= 0.3 is 18.6 Å². The van der Waals surface area contributed by atoms with Crippen LogP contribution in [0, 0.1) is 0 Å². The first-order chi connectivity index (χ1) is 62.7. The molecular weight excluding hydrogens is 1770 g/mol. The molecule has 0 atom stereocenters.